The Labute approximate surface area is 167 Å². The van der Waals surface area contributed by atoms with Gasteiger partial charge in [0.15, 0.2) is 0 Å². The number of nitrogens with zero attached hydrogens (tertiary/aromatic N) is 1. The number of benzene rings is 2. The number of aryl methyl sites for hydroxylation is 1. The lowest BCUT2D eigenvalue weighted by Crippen LogP contribution is -2.53. The van der Waals surface area contributed by atoms with Crippen molar-refractivity contribution >= 4 is 11.8 Å². The minimum absolute atomic E-state index is 0.0263. The molecule has 1 fully saturated rings. The zero-order valence-corrected chi connectivity index (χ0v) is 16.7. The van der Waals surface area contributed by atoms with Gasteiger partial charge in [0.05, 0.1) is 11.5 Å². The third-order valence-corrected chi connectivity index (χ3v) is 5.75. The molecule has 146 valence electrons. The maximum atomic E-state index is 13.5. The van der Waals surface area contributed by atoms with E-state index in [-0.39, 0.29) is 17.9 Å². The molecule has 1 unspecified atom stereocenters. The van der Waals surface area contributed by atoms with Crippen molar-refractivity contribution in [2.45, 2.75) is 38.1 Å². The summed E-state index contributed by atoms with van der Waals surface area (Å²) in [5.74, 6) is -0.0476. The molecule has 0 spiro atoms. The van der Waals surface area contributed by atoms with E-state index in [1.54, 1.807) is 4.90 Å². The Bertz CT molecular complexity index is 852. The van der Waals surface area contributed by atoms with Crippen molar-refractivity contribution in [2.75, 3.05) is 13.1 Å². The third-order valence-electron chi connectivity index (χ3n) is 5.75. The van der Waals surface area contributed by atoms with Crippen LogP contribution >= 0.6 is 0 Å². The molecule has 3 rings (SSSR count). The molecular weight excluding hydrogens is 348 g/mol. The van der Waals surface area contributed by atoms with Crippen LogP contribution in [0, 0.1) is 6.92 Å². The van der Waals surface area contributed by atoms with Gasteiger partial charge in [0.2, 0.25) is 11.8 Å². The molecule has 1 atom stereocenters. The van der Waals surface area contributed by atoms with Crippen molar-refractivity contribution < 1.29 is 9.59 Å². The van der Waals surface area contributed by atoms with Gasteiger partial charge in [-0.3, -0.25) is 9.59 Å². The zero-order chi connectivity index (χ0) is 20.1. The van der Waals surface area contributed by atoms with E-state index in [9.17, 15) is 9.59 Å². The van der Waals surface area contributed by atoms with Gasteiger partial charge < -0.3 is 10.2 Å². The van der Waals surface area contributed by atoms with Crippen LogP contribution in [0.4, 0.5) is 0 Å². The second-order valence-corrected chi connectivity index (χ2v) is 7.59. The number of carbonyl (C=O) groups is 2. The zero-order valence-electron chi connectivity index (χ0n) is 16.7. The molecule has 2 amide bonds. The average molecular weight is 377 g/mol. The van der Waals surface area contributed by atoms with Crippen LogP contribution in [0.5, 0.6) is 0 Å². The quantitative estimate of drug-likeness (QED) is 0.804. The lowest BCUT2D eigenvalue weighted by atomic mass is 9.71. The Kier molecular flexibility index (Phi) is 5.98. The van der Waals surface area contributed by atoms with Crippen LogP contribution in [0.15, 0.2) is 67.3 Å². The molecule has 4 heteroatoms. The van der Waals surface area contributed by atoms with E-state index in [1.165, 1.54) is 11.6 Å². The van der Waals surface area contributed by atoms with Crippen molar-refractivity contribution in [3.63, 3.8) is 0 Å². The third kappa shape index (κ3) is 4.01. The maximum absolute atomic E-state index is 13.5. The lowest BCUT2D eigenvalue weighted by Gasteiger charge is -2.41. The van der Waals surface area contributed by atoms with Crippen LogP contribution in [0.2, 0.25) is 0 Å². The van der Waals surface area contributed by atoms with E-state index in [2.05, 4.69) is 31.0 Å². The summed E-state index contributed by atoms with van der Waals surface area (Å²) < 4.78 is 0. The number of carbonyl (C=O) groups excluding carboxylic acids is 2. The van der Waals surface area contributed by atoms with Crippen LogP contribution in [0.25, 0.3) is 0 Å². The Morgan fingerprint density at radius 3 is 2.39 bits per heavy atom. The number of piperidine rings is 1. The predicted molar refractivity (Wildman–Crippen MR) is 112 cm³/mol. The molecular formula is C24H28N2O2. The summed E-state index contributed by atoms with van der Waals surface area (Å²) in [5.41, 5.74) is 2.65. The first-order chi connectivity index (χ1) is 13.5. The Hall–Kier alpha value is -2.88. The van der Waals surface area contributed by atoms with E-state index in [1.807, 2.05) is 49.4 Å². The molecule has 0 bridgehead atoms. The summed E-state index contributed by atoms with van der Waals surface area (Å²) in [7, 11) is 0. The van der Waals surface area contributed by atoms with Gasteiger partial charge in [0.25, 0.3) is 0 Å². The highest BCUT2D eigenvalue weighted by Crippen LogP contribution is 2.36. The molecule has 28 heavy (non-hydrogen) atoms. The summed E-state index contributed by atoms with van der Waals surface area (Å²) >= 11 is 0. The average Bonchev–Trinajstić information content (AvgIpc) is 2.73. The first-order valence-corrected chi connectivity index (χ1v) is 9.81. The van der Waals surface area contributed by atoms with Crippen LogP contribution in [0.1, 0.15) is 42.5 Å². The first kappa shape index (κ1) is 19.9. The number of likely N-dealkylation sites (tertiary alicyclic amines) is 1. The van der Waals surface area contributed by atoms with E-state index in [4.69, 9.17) is 0 Å². The van der Waals surface area contributed by atoms with Crippen molar-refractivity contribution in [3.8, 4) is 0 Å². The number of hydrogen-bond donors (Lipinski definition) is 1. The molecule has 0 saturated carbocycles. The first-order valence-electron chi connectivity index (χ1n) is 9.81. The fraction of sp³-hybridized carbons (Fsp3) is 0.333. The normalized spacial score (nSPS) is 16.9. The number of nitrogens with one attached hydrogen (secondary N) is 1. The van der Waals surface area contributed by atoms with Gasteiger partial charge >= 0.3 is 0 Å². The van der Waals surface area contributed by atoms with Crippen molar-refractivity contribution in [1.82, 2.24) is 10.2 Å². The van der Waals surface area contributed by atoms with E-state index < -0.39 is 5.41 Å². The van der Waals surface area contributed by atoms with Gasteiger partial charge in [0.1, 0.15) is 0 Å². The predicted octanol–water partition coefficient (Wildman–Crippen LogP) is 3.92. The van der Waals surface area contributed by atoms with E-state index in [0.717, 1.165) is 11.1 Å². The lowest BCUT2D eigenvalue weighted by molar-refractivity contribution is -0.134. The maximum Gasteiger partial charge on any atom is 0.245 e. The smallest absolute Gasteiger partial charge is 0.245 e. The molecule has 1 aliphatic rings. The molecule has 1 aliphatic heterocycles. The number of hydrogen-bond acceptors (Lipinski definition) is 2. The SMILES string of the molecule is C=CC(=O)N1CCC(C(=O)NC(C)c2cccc(C)c2)(c2ccccc2)CC1. The van der Waals surface area contributed by atoms with Gasteiger partial charge in [-0.25, -0.2) is 0 Å². The molecule has 0 aromatic heterocycles. The van der Waals surface area contributed by atoms with Crippen molar-refractivity contribution in [1.29, 1.82) is 0 Å². The number of rotatable bonds is 5. The minimum Gasteiger partial charge on any atom is -0.349 e. The summed E-state index contributed by atoms with van der Waals surface area (Å²) in [6.07, 6.45) is 2.54. The van der Waals surface area contributed by atoms with Crippen LogP contribution in [-0.2, 0) is 15.0 Å². The Morgan fingerprint density at radius 1 is 1.11 bits per heavy atom. The fourth-order valence-electron chi connectivity index (χ4n) is 4.00. The molecule has 2 aromatic carbocycles. The molecule has 1 N–H and O–H groups in total. The summed E-state index contributed by atoms with van der Waals surface area (Å²) in [5, 5.41) is 3.23. The molecule has 4 nitrogen and oxygen atoms in total. The van der Waals surface area contributed by atoms with Gasteiger partial charge in [-0.1, -0.05) is 66.7 Å². The van der Waals surface area contributed by atoms with Crippen LogP contribution in [0.3, 0.4) is 0 Å². The van der Waals surface area contributed by atoms with Gasteiger partial charge in [-0.05, 0) is 43.9 Å². The minimum atomic E-state index is -0.628. The standard InChI is InChI=1S/C24H28N2O2/c1-4-22(27)26-15-13-24(14-16-26,21-11-6-5-7-12-21)23(28)25-19(3)20-10-8-9-18(2)17-20/h4-12,17,19H,1,13-16H2,2-3H3,(H,25,28). The number of amides is 2. The molecule has 2 aromatic rings. The van der Waals surface area contributed by atoms with Crippen LogP contribution < -0.4 is 5.32 Å². The van der Waals surface area contributed by atoms with Crippen molar-refractivity contribution in [2.24, 2.45) is 0 Å². The summed E-state index contributed by atoms with van der Waals surface area (Å²) in [6, 6.07) is 18.1. The molecule has 1 heterocycles. The molecule has 0 radical (unpaired) electrons. The topological polar surface area (TPSA) is 49.4 Å². The second kappa shape index (κ2) is 8.42. The largest absolute Gasteiger partial charge is 0.349 e. The monoisotopic (exact) mass is 376 g/mol. The van der Waals surface area contributed by atoms with Crippen LogP contribution in [-0.4, -0.2) is 29.8 Å². The van der Waals surface area contributed by atoms with Gasteiger partial charge in [-0.2, -0.15) is 0 Å². The Morgan fingerprint density at radius 2 is 1.79 bits per heavy atom. The summed E-state index contributed by atoms with van der Waals surface area (Å²) in [6.45, 7) is 8.74. The van der Waals surface area contributed by atoms with E-state index >= 15 is 0 Å². The van der Waals surface area contributed by atoms with Gasteiger partial charge in [0, 0.05) is 13.1 Å². The Balaban J connectivity index is 1.84. The fourth-order valence-corrected chi connectivity index (χ4v) is 4.00. The summed E-state index contributed by atoms with van der Waals surface area (Å²) in [4.78, 5) is 27.3. The highest BCUT2D eigenvalue weighted by molar-refractivity contribution is 5.90. The molecule has 1 saturated heterocycles. The second-order valence-electron chi connectivity index (χ2n) is 7.59. The molecule has 0 aliphatic carbocycles. The van der Waals surface area contributed by atoms with E-state index in [0.29, 0.717) is 25.9 Å². The van der Waals surface area contributed by atoms with Gasteiger partial charge in [-0.15, -0.1) is 0 Å². The van der Waals surface area contributed by atoms with Crippen molar-refractivity contribution in [3.05, 3.63) is 83.9 Å². The highest BCUT2D eigenvalue weighted by atomic mass is 16.2. The highest BCUT2D eigenvalue weighted by Gasteiger charge is 2.43.